The summed E-state index contributed by atoms with van der Waals surface area (Å²) in [5.74, 6) is 0.0533. The molecule has 4 heteroatoms. The van der Waals surface area contributed by atoms with Gasteiger partial charge in [-0.25, -0.2) is 9.37 Å². The van der Waals surface area contributed by atoms with E-state index in [0.29, 0.717) is 29.5 Å². The van der Waals surface area contributed by atoms with Crippen LogP contribution in [0.3, 0.4) is 0 Å². The van der Waals surface area contributed by atoms with E-state index in [1.807, 2.05) is 6.92 Å². The first-order valence-corrected chi connectivity index (χ1v) is 4.93. The number of carbonyl (C=O) groups is 1. The molecule has 0 atom stereocenters. The lowest BCUT2D eigenvalue weighted by atomic mass is 10.2. The van der Waals surface area contributed by atoms with Crippen LogP contribution in [0, 0.1) is 5.82 Å². The van der Waals surface area contributed by atoms with Crippen molar-refractivity contribution < 1.29 is 13.9 Å². The highest BCUT2D eigenvalue weighted by atomic mass is 19.1. The fraction of sp³-hybridized carbons (Fsp3) is 0.167. The molecule has 0 aliphatic rings. The molecule has 0 saturated carbocycles. The van der Waals surface area contributed by atoms with Crippen LogP contribution in [0.25, 0.3) is 10.9 Å². The van der Waals surface area contributed by atoms with E-state index in [1.165, 1.54) is 6.07 Å². The second-order valence-corrected chi connectivity index (χ2v) is 3.26. The number of aromatic nitrogens is 1. The Balaban J connectivity index is 2.58. The molecular formula is C12H10FNO2. The Hall–Kier alpha value is -1.97. The van der Waals surface area contributed by atoms with Crippen molar-refractivity contribution in [3.8, 4) is 5.75 Å². The fourth-order valence-corrected chi connectivity index (χ4v) is 1.48. The van der Waals surface area contributed by atoms with Gasteiger partial charge in [0, 0.05) is 11.5 Å². The van der Waals surface area contributed by atoms with Gasteiger partial charge in [-0.1, -0.05) is 0 Å². The van der Waals surface area contributed by atoms with E-state index in [1.54, 1.807) is 18.2 Å². The van der Waals surface area contributed by atoms with Crippen LogP contribution >= 0.6 is 0 Å². The largest absolute Gasteiger partial charge is 0.494 e. The Bertz CT molecular complexity index is 540. The van der Waals surface area contributed by atoms with E-state index < -0.39 is 5.82 Å². The van der Waals surface area contributed by atoms with Crippen LogP contribution in [0.1, 0.15) is 17.4 Å². The minimum atomic E-state index is -0.605. The number of ether oxygens (including phenoxy) is 1. The van der Waals surface area contributed by atoms with Crippen molar-refractivity contribution in [2.45, 2.75) is 6.92 Å². The molecule has 2 aromatic rings. The zero-order valence-electron chi connectivity index (χ0n) is 8.74. The number of benzene rings is 1. The molecule has 0 radical (unpaired) electrons. The average Bonchev–Trinajstić information content (AvgIpc) is 2.29. The number of pyridine rings is 1. The summed E-state index contributed by atoms with van der Waals surface area (Å²) in [6, 6.07) is 6.44. The smallest absolute Gasteiger partial charge is 0.171 e. The number of aldehydes is 1. The predicted octanol–water partition coefficient (Wildman–Crippen LogP) is 2.59. The lowest BCUT2D eigenvalue weighted by molar-refractivity contribution is 0.111. The third-order valence-electron chi connectivity index (χ3n) is 2.19. The van der Waals surface area contributed by atoms with E-state index >= 15 is 0 Å². The number of fused-ring (bicyclic) bond motifs is 1. The van der Waals surface area contributed by atoms with Crippen LogP contribution in [0.4, 0.5) is 4.39 Å². The first kappa shape index (κ1) is 10.5. The van der Waals surface area contributed by atoms with Crippen LogP contribution < -0.4 is 4.74 Å². The quantitative estimate of drug-likeness (QED) is 0.745. The molecule has 0 N–H and O–H groups in total. The zero-order valence-corrected chi connectivity index (χ0v) is 8.74. The van der Waals surface area contributed by atoms with Gasteiger partial charge in [0.25, 0.3) is 0 Å². The second-order valence-electron chi connectivity index (χ2n) is 3.26. The monoisotopic (exact) mass is 219 g/mol. The number of hydrogen-bond acceptors (Lipinski definition) is 3. The average molecular weight is 219 g/mol. The van der Waals surface area contributed by atoms with Crippen molar-refractivity contribution in [1.29, 1.82) is 0 Å². The van der Waals surface area contributed by atoms with Gasteiger partial charge in [0.1, 0.15) is 11.4 Å². The molecule has 0 bridgehead atoms. The minimum Gasteiger partial charge on any atom is -0.494 e. The molecule has 1 heterocycles. The Morgan fingerprint density at radius 2 is 2.25 bits per heavy atom. The zero-order chi connectivity index (χ0) is 11.5. The second kappa shape index (κ2) is 4.26. The molecular weight excluding hydrogens is 209 g/mol. The van der Waals surface area contributed by atoms with E-state index in [2.05, 4.69) is 4.98 Å². The van der Waals surface area contributed by atoms with Crippen molar-refractivity contribution in [3.05, 3.63) is 35.8 Å². The molecule has 16 heavy (non-hydrogen) atoms. The Kier molecular flexibility index (Phi) is 2.81. The van der Waals surface area contributed by atoms with Crippen molar-refractivity contribution in [2.24, 2.45) is 0 Å². The summed E-state index contributed by atoms with van der Waals surface area (Å²) in [6.45, 7) is 2.42. The number of carbonyl (C=O) groups excluding carboxylic acids is 1. The number of halogens is 1. The third-order valence-corrected chi connectivity index (χ3v) is 2.19. The van der Waals surface area contributed by atoms with Crippen LogP contribution in [-0.4, -0.2) is 17.9 Å². The van der Waals surface area contributed by atoms with Crippen LogP contribution in [-0.2, 0) is 0 Å². The molecule has 0 aliphatic heterocycles. The normalized spacial score (nSPS) is 10.4. The van der Waals surface area contributed by atoms with Gasteiger partial charge in [0.15, 0.2) is 12.1 Å². The van der Waals surface area contributed by atoms with Crippen LogP contribution in [0.2, 0.25) is 0 Å². The summed E-state index contributed by atoms with van der Waals surface area (Å²) >= 11 is 0. The maximum absolute atomic E-state index is 13.2. The minimum absolute atomic E-state index is 0.179. The van der Waals surface area contributed by atoms with Crippen molar-refractivity contribution in [3.63, 3.8) is 0 Å². The highest BCUT2D eigenvalue weighted by Gasteiger charge is 2.06. The van der Waals surface area contributed by atoms with Gasteiger partial charge in [0.05, 0.1) is 12.1 Å². The van der Waals surface area contributed by atoms with Crippen molar-refractivity contribution in [1.82, 2.24) is 4.98 Å². The Morgan fingerprint density at radius 1 is 1.44 bits per heavy atom. The maximum atomic E-state index is 13.2. The molecule has 0 unspecified atom stereocenters. The highest BCUT2D eigenvalue weighted by Crippen LogP contribution is 2.20. The first-order valence-electron chi connectivity index (χ1n) is 4.93. The standard InChI is InChI=1S/C12H10FNO2/c1-2-16-9-4-3-8-5-10(13)12(7-15)14-11(8)6-9/h3-7H,2H2,1H3. The topological polar surface area (TPSA) is 39.2 Å². The fourth-order valence-electron chi connectivity index (χ4n) is 1.48. The van der Waals surface area contributed by atoms with Crippen LogP contribution in [0.15, 0.2) is 24.3 Å². The van der Waals surface area contributed by atoms with Gasteiger partial charge in [-0.15, -0.1) is 0 Å². The molecule has 0 aliphatic carbocycles. The van der Waals surface area contributed by atoms with Gasteiger partial charge in [-0.05, 0) is 25.1 Å². The van der Waals surface area contributed by atoms with Gasteiger partial charge in [-0.2, -0.15) is 0 Å². The Labute approximate surface area is 91.9 Å². The summed E-state index contributed by atoms with van der Waals surface area (Å²) in [7, 11) is 0. The van der Waals surface area contributed by atoms with Gasteiger partial charge >= 0.3 is 0 Å². The molecule has 0 saturated heterocycles. The number of nitrogens with zero attached hydrogens (tertiary/aromatic N) is 1. The molecule has 1 aromatic carbocycles. The molecule has 0 spiro atoms. The molecule has 82 valence electrons. The summed E-state index contributed by atoms with van der Waals surface area (Å²) in [5.41, 5.74) is 0.371. The van der Waals surface area contributed by atoms with Crippen molar-refractivity contribution >= 4 is 17.2 Å². The van der Waals surface area contributed by atoms with E-state index in [4.69, 9.17) is 4.74 Å². The third kappa shape index (κ3) is 1.86. The summed E-state index contributed by atoms with van der Waals surface area (Å²) in [6.07, 6.45) is 0.405. The molecule has 3 nitrogen and oxygen atoms in total. The summed E-state index contributed by atoms with van der Waals surface area (Å²) in [4.78, 5) is 14.5. The molecule has 0 fully saturated rings. The summed E-state index contributed by atoms with van der Waals surface area (Å²) < 4.78 is 18.5. The maximum Gasteiger partial charge on any atom is 0.171 e. The van der Waals surface area contributed by atoms with Gasteiger partial charge in [-0.3, -0.25) is 4.79 Å². The highest BCUT2D eigenvalue weighted by molar-refractivity contribution is 5.84. The van der Waals surface area contributed by atoms with E-state index in [-0.39, 0.29) is 5.69 Å². The van der Waals surface area contributed by atoms with Crippen molar-refractivity contribution in [2.75, 3.05) is 6.61 Å². The summed E-state index contributed by atoms with van der Waals surface area (Å²) in [5, 5.41) is 0.645. The lowest BCUT2D eigenvalue weighted by Gasteiger charge is -2.04. The number of rotatable bonds is 3. The van der Waals surface area contributed by atoms with Gasteiger partial charge in [0.2, 0.25) is 0 Å². The molecule has 0 amide bonds. The first-order chi connectivity index (χ1) is 7.74. The Morgan fingerprint density at radius 3 is 2.94 bits per heavy atom. The van der Waals surface area contributed by atoms with Crippen LogP contribution in [0.5, 0.6) is 5.75 Å². The lowest BCUT2D eigenvalue weighted by Crippen LogP contribution is -1.95. The predicted molar refractivity (Wildman–Crippen MR) is 58.3 cm³/mol. The van der Waals surface area contributed by atoms with E-state index in [0.717, 1.165) is 0 Å². The van der Waals surface area contributed by atoms with E-state index in [9.17, 15) is 9.18 Å². The molecule has 1 aromatic heterocycles. The van der Waals surface area contributed by atoms with Gasteiger partial charge < -0.3 is 4.74 Å². The SMILES string of the molecule is CCOc1ccc2cc(F)c(C=O)nc2c1. The molecule has 2 rings (SSSR count). The number of hydrogen-bond donors (Lipinski definition) is 0.